The summed E-state index contributed by atoms with van der Waals surface area (Å²) in [6, 6.07) is 14.6. The van der Waals surface area contributed by atoms with Gasteiger partial charge < -0.3 is 49.4 Å². The number of carbonyl (C=O) groups is 5. The molecule has 15 heteroatoms. The van der Waals surface area contributed by atoms with Crippen molar-refractivity contribution in [3.8, 4) is 0 Å². The number of nitrogens with one attached hydrogen (secondary N) is 1. The van der Waals surface area contributed by atoms with Gasteiger partial charge in [0.05, 0.1) is 35.6 Å². The molecule has 3 fully saturated rings. The molecule has 1 amide bonds. The molecule has 58 heavy (non-hydrogen) atoms. The van der Waals surface area contributed by atoms with Gasteiger partial charge in [-0.15, -0.1) is 0 Å². The van der Waals surface area contributed by atoms with E-state index >= 15 is 0 Å². The van der Waals surface area contributed by atoms with Gasteiger partial charge in [0, 0.05) is 25.2 Å². The summed E-state index contributed by atoms with van der Waals surface area (Å²) in [7, 11) is 0. The highest BCUT2D eigenvalue weighted by Crippen LogP contribution is 2.64. The van der Waals surface area contributed by atoms with Crippen molar-refractivity contribution in [2.24, 2.45) is 16.7 Å². The first-order valence-corrected chi connectivity index (χ1v) is 19.3. The zero-order valence-electron chi connectivity index (χ0n) is 33.9. The molecule has 1 heterocycles. The van der Waals surface area contributed by atoms with Crippen LogP contribution in [0.5, 0.6) is 0 Å². The SMILES string of the molecule is CC(=O)O[C@@]12CO[C@@H]1C[C@H](O)[C@@]1(C)C(=O)[C@H](O)C3=C(C)C(OC(=O)C(O)[C@@H](NC(=O)OC(C)(C)C)c4ccccc4)C[C@@](O)([C@@H](OC(=O)c4ccccc4)[C@H]21)C3(C)C. The highest BCUT2D eigenvalue weighted by Gasteiger charge is 2.78. The Labute approximate surface area is 336 Å². The maximum Gasteiger partial charge on any atom is 0.408 e. The summed E-state index contributed by atoms with van der Waals surface area (Å²) in [5, 5.41) is 51.6. The van der Waals surface area contributed by atoms with Gasteiger partial charge >= 0.3 is 24.0 Å². The van der Waals surface area contributed by atoms with E-state index in [2.05, 4.69) is 5.32 Å². The molecule has 4 aliphatic rings. The van der Waals surface area contributed by atoms with Gasteiger partial charge in [-0.2, -0.15) is 0 Å². The second-order valence-electron chi connectivity index (χ2n) is 17.6. The van der Waals surface area contributed by atoms with Crippen LogP contribution < -0.4 is 5.32 Å². The smallest absolute Gasteiger partial charge is 0.408 e. The third-order valence-electron chi connectivity index (χ3n) is 12.6. The van der Waals surface area contributed by atoms with Crippen LogP contribution in [-0.2, 0) is 38.1 Å². The molecule has 2 bridgehead atoms. The number of aliphatic hydroxyl groups is 4. The molecule has 2 unspecified atom stereocenters. The summed E-state index contributed by atoms with van der Waals surface area (Å²) < 4.78 is 29.5. The first kappa shape index (κ1) is 42.9. The minimum absolute atomic E-state index is 0.0637. The summed E-state index contributed by atoms with van der Waals surface area (Å²) in [5.74, 6) is -5.36. The van der Waals surface area contributed by atoms with Crippen LogP contribution in [0.15, 0.2) is 71.8 Å². The molecule has 0 aromatic heterocycles. The van der Waals surface area contributed by atoms with Crippen molar-refractivity contribution in [3.05, 3.63) is 82.9 Å². The van der Waals surface area contributed by atoms with Gasteiger partial charge in [-0.25, -0.2) is 14.4 Å². The highest BCUT2D eigenvalue weighted by atomic mass is 16.6. The fraction of sp³-hybridized carbons (Fsp3) is 0.558. The second-order valence-corrected chi connectivity index (χ2v) is 17.6. The van der Waals surface area contributed by atoms with Crippen LogP contribution in [0.2, 0.25) is 0 Å². The second kappa shape index (κ2) is 15.2. The van der Waals surface area contributed by atoms with Crippen LogP contribution in [0.4, 0.5) is 4.79 Å². The Morgan fingerprint density at radius 1 is 0.948 bits per heavy atom. The Hall–Kier alpha value is -4.67. The summed E-state index contributed by atoms with van der Waals surface area (Å²) in [5.41, 5.74) is -8.14. The van der Waals surface area contributed by atoms with E-state index < -0.39 is 112 Å². The summed E-state index contributed by atoms with van der Waals surface area (Å²) in [4.78, 5) is 68.9. The third-order valence-corrected chi connectivity index (χ3v) is 12.6. The van der Waals surface area contributed by atoms with Gasteiger partial charge in [0.25, 0.3) is 0 Å². The number of ketones is 1. The number of carbonyl (C=O) groups excluding carboxylic acids is 5. The van der Waals surface area contributed by atoms with Crippen LogP contribution in [0.1, 0.15) is 90.2 Å². The Balaban J connectivity index is 1.49. The van der Waals surface area contributed by atoms with Crippen molar-refractivity contribution in [1.29, 1.82) is 0 Å². The van der Waals surface area contributed by atoms with E-state index in [0.717, 1.165) is 6.92 Å². The van der Waals surface area contributed by atoms with Crippen molar-refractivity contribution < 1.29 is 68.1 Å². The maximum absolute atomic E-state index is 14.9. The van der Waals surface area contributed by atoms with E-state index in [4.69, 9.17) is 23.7 Å². The standard InChI is InChI=1S/C43H53NO14/c1-22-26(55-37(51)32(48)30(24-15-11-9-12-16-24)44-38(52)58-39(3,4)5)20-43(53)35(56-36(50)25-17-13-10-14-18-25)33-41(8,34(49)31(47)29(22)40(43,6)7)27(46)19-28-42(33,21-54-28)57-23(2)45/h9-18,26-28,30-33,35,46-48,53H,19-21H2,1-8H3,(H,44,52)/t26?,27-,28+,30-,31+,32?,33-,35-,41+,42-,43+/m0/s1. The van der Waals surface area contributed by atoms with E-state index in [-0.39, 0.29) is 29.7 Å². The molecule has 3 aliphatic carbocycles. The molecule has 2 saturated carbocycles. The van der Waals surface area contributed by atoms with Crippen LogP contribution in [0.25, 0.3) is 0 Å². The average molecular weight is 808 g/mol. The highest BCUT2D eigenvalue weighted by molar-refractivity contribution is 5.94. The lowest BCUT2D eigenvalue weighted by molar-refractivity contribution is -0.346. The first-order chi connectivity index (χ1) is 27.0. The first-order valence-electron chi connectivity index (χ1n) is 19.3. The topological polar surface area (TPSA) is 224 Å². The number of alkyl carbamates (subject to hydrolysis) is 1. The van der Waals surface area contributed by atoms with E-state index in [0.29, 0.717) is 5.56 Å². The predicted octanol–water partition coefficient (Wildman–Crippen LogP) is 3.26. The number of amides is 1. The normalized spacial score (nSPS) is 33.7. The van der Waals surface area contributed by atoms with Crippen LogP contribution >= 0.6 is 0 Å². The minimum Gasteiger partial charge on any atom is -0.456 e. The molecule has 2 aromatic carbocycles. The lowest BCUT2D eigenvalue weighted by Gasteiger charge is -2.67. The molecule has 15 nitrogen and oxygen atoms in total. The lowest BCUT2D eigenvalue weighted by Crippen LogP contribution is -2.81. The van der Waals surface area contributed by atoms with Gasteiger partial charge in [0.15, 0.2) is 17.5 Å². The summed E-state index contributed by atoms with van der Waals surface area (Å²) in [6.07, 6.45) is -11.5. The van der Waals surface area contributed by atoms with Crippen LogP contribution in [0, 0.1) is 16.7 Å². The minimum atomic E-state index is -2.35. The zero-order valence-corrected chi connectivity index (χ0v) is 33.9. The Morgan fingerprint density at radius 2 is 1.55 bits per heavy atom. The number of hydrogen-bond acceptors (Lipinski definition) is 14. The van der Waals surface area contributed by atoms with E-state index in [9.17, 15) is 44.4 Å². The molecule has 0 radical (unpaired) electrons. The predicted molar refractivity (Wildman–Crippen MR) is 204 cm³/mol. The van der Waals surface area contributed by atoms with Crippen molar-refractivity contribution >= 4 is 29.8 Å². The molecule has 0 spiro atoms. The number of fused-ring (bicyclic) bond motifs is 5. The largest absolute Gasteiger partial charge is 0.456 e. The quantitative estimate of drug-likeness (QED) is 0.147. The molecule has 314 valence electrons. The molecule has 11 atom stereocenters. The van der Waals surface area contributed by atoms with Crippen LogP contribution in [0.3, 0.4) is 0 Å². The number of aliphatic hydroxyl groups excluding tert-OH is 3. The van der Waals surface area contributed by atoms with Gasteiger partial charge in [0.1, 0.15) is 35.6 Å². The van der Waals surface area contributed by atoms with Gasteiger partial charge in [-0.1, -0.05) is 62.4 Å². The summed E-state index contributed by atoms with van der Waals surface area (Å²) >= 11 is 0. The van der Waals surface area contributed by atoms with Crippen molar-refractivity contribution in [2.45, 2.75) is 128 Å². The number of rotatable bonds is 8. The van der Waals surface area contributed by atoms with E-state index in [1.54, 1.807) is 83.1 Å². The van der Waals surface area contributed by atoms with Crippen molar-refractivity contribution in [1.82, 2.24) is 5.32 Å². The van der Waals surface area contributed by atoms with Crippen molar-refractivity contribution in [2.75, 3.05) is 6.61 Å². The fourth-order valence-electron chi connectivity index (χ4n) is 9.56. The third kappa shape index (κ3) is 7.10. The molecule has 2 aromatic rings. The van der Waals surface area contributed by atoms with Crippen LogP contribution in [-0.4, -0.2) is 110 Å². The Kier molecular flexibility index (Phi) is 11.2. The van der Waals surface area contributed by atoms with Gasteiger partial charge in [-0.3, -0.25) is 9.59 Å². The Morgan fingerprint density at radius 3 is 2.10 bits per heavy atom. The fourth-order valence-corrected chi connectivity index (χ4v) is 9.56. The van der Waals surface area contributed by atoms with Gasteiger partial charge in [0.2, 0.25) is 0 Å². The Bertz CT molecular complexity index is 1980. The monoisotopic (exact) mass is 807 g/mol. The molecule has 6 rings (SSSR count). The number of ether oxygens (including phenoxy) is 5. The van der Waals surface area contributed by atoms with Gasteiger partial charge in [-0.05, 0) is 63.5 Å². The lowest BCUT2D eigenvalue weighted by atomic mass is 9.44. The van der Waals surface area contributed by atoms with E-state index in [1.807, 2.05) is 0 Å². The molecular formula is C43H53NO14. The molecule has 5 N–H and O–H groups in total. The molecule has 1 saturated heterocycles. The van der Waals surface area contributed by atoms with Crippen molar-refractivity contribution in [3.63, 3.8) is 0 Å². The number of benzene rings is 2. The van der Waals surface area contributed by atoms with E-state index in [1.165, 1.54) is 26.0 Å². The number of hydrogen-bond donors (Lipinski definition) is 5. The number of esters is 3. The maximum atomic E-state index is 14.9. The number of Topliss-reactive ketones (excluding diaryl/α,β-unsaturated/α-hetero) is 1. The molecule has 1 aliphatic heterocycles. The zero-order chi connectivity index (χ0) is 42.7. The summed E-state index contributed by atoms with van der Waals surface area (Å²) in [6.45, 7) is 11.8. The molecular weight excluding hydrogens is 754 g/mol. The average Bonchev–Trinajstić information content (AvgIpc) is 3.14.